The molecule has 0 bridgehead atoms. The average Bonchev–Trinajstić information content (AvgIpc) is 2.75. The normalized spacial score (nSPS) is 15.1. The van der Waals surface area contributed by atoms with Crippen LogP contribution in [0.1, 0.15) is 20.7 Å². The molecule has 164 valence electrons. The van der Waals surface area contributed by atoms with Gasteiger partial charge in [0.2, 0.25) is 0 Å². The summed E-state index contributed by atoms with van der Waals surface area (Å²) in [6, 6.07) is 16.1. The number of nitrogens with zero attached hydrogens (tertiary/aromatic N) is 1. The average molecular weight is 509 g/mol. The van der Waals surface area contributed by atoms with Crippen molar-refractivity contribution in [3.05, 3.63) is 86.9 Å². The van der Waals surface area contributed by atoms with Gasteiger partial charge in [0.1, 0.15) is 11.0 Å². The molecule has 0 aliphatic carbocycles. The number of amides is 2. The molecule has 1 fully saturated rings. The maximum absolute atomic E-state index is 12.7. The fourth-order valence-corrected chi connectivity index (χ4v) is 4.55. The number of carbonyl (C=O) groups is 2. The quantitative estimate of drug-likeness (QED) is 0.468. The Morgan fingerprint density at radius 2 is 1.69 bits per heavy atom. The lowest BCUT2D eigenvalue weighted by atomic mass is 10.1. The Morgan fingerprint density at radius 1 is 0.875 bits per heavy atom. The largest absolute Gasteiger partial charge is 0.322 e. The van der Waals surface area contributed by atoms with Crippen molar-refractivity contribution in [1.29, 1.82) is 0 Å². The third-order valence-electron chi connectivity index (χ3n) is 4.76. The zero-order chi connectivity index (χ0) is 22.8. The zero-order valence-electron chi connectivity index (χ0n) is 16.4. The van der Waals surface area contributed by atoms with Crippen molar-refractivity contribution in [2.24, 2.45) is 0 Å². The molecule has 6 nitrogen and oxygen atoms in total. The molecule has 1 aliphatic heterocycles. The minimum absolute atomic E-state index is 0.243. The molecular formula is C22H16Cl3N3O3S. The summed E-state index contributed by atoms with van der Waals surface area (Å²) in [6.07, 6.45) is 0. The topological polar surface area (TPSA) is 78.5 Å². The number of hydrogen-bond donors (Lipinski definition) is 2. The van der Waals surface area contributed by atoms with Crippen molar-refractivity contribution in [3.63, 3.8) is 0 Å². The van der Waals surface area contributed by atoms with Gasteiger partial charge in [-0.25, -0.2) is 4.21 Å². The summed E-state index contributed by atoms with van der Waals surface area (Å²) in [4.78, 5) is 25.2. The van der Waals surface area contributed by atoms with E-state index in [0.717, 1.165) is 0 Å². The van der Waals surface area contributed by atoms with Crippen molar-refractivity contribution < 1.29 is 13.8 Å². The third kappa shape index (κ3) is 4.91. The van der Waals surface area contributed by atoms with Crippen LogP contribution in [0.2, 0.25) is 15.1 Å². The van der Waals surface area contributed by atoms with Crippen LogP contribution in [-0.4, -0.2) is 28.3 Å². The monoisotopic (exact) mass is 507 g/mol. The molecule has 3 aromatic carbocycles. The van der Waals surface area contributed by atoms with Gasteiger partial charge in [0.05, 0.1) is 32.7 Å². The van der Waals surface area contributed by atoms with E-state index in [1.807, 2.05) is 0 Å². The van der Waals surface area contributed by atoms with Crippen LogP contribution in [0, 0.1) is 0 Å². The first-order valence-corrected chi connectivity index (χ1v) is 11.9. The van der Waals surface area contributed by atoms with E-state index in [1.165, 1.54) is 6.07 Å². The summed E-state index contributed by atoms with van der Waals surface area (Å²) in [5.41, 5.74) is 2.09. The Kier molecular flexibility index (Phi) is 6.71. The molecule has 1 unspecified atom stereocenters. The van der Waals surface area contributed by atoms with Crippen LogP contribution in [0.15, 0.2) is 60.7 Å². The van der Waals surface area contributed by atoms with Crippen molar-refractivity contribution in [1.82, 2.24) is 0 Å². The molecule has 2 N–H and O–H groups in total. The van der Waals surface area contributed by atoms with Gasteiger partial charge >= 0.3 is 0 Å². The molecule has 3 aromatic rings. The van der Waals surface area contributed by atoms with Crippen LogP contribution in [-0.2, 0) is 11.0 Å². The molecule has 4 rings (SSSR count). The Morgan fingerprint density at radius 3 is 2.34 bits per heavy atom. The van der Waals surface area contributed by atoms with E-state index in [4.69, 9.17) is 34.8 Å². The fraction of sp³-hybridized carbons (Fsp3) is 0.0909. The summed E-state index contributed by atoms with van der Waals surface area (Å²) < 4.78 is 13.4. The molecule has 1 saturated heterocycles. The van der Waals surface area contributed by atoms with E-state index < -0.39 is 16.9 Å². The number of rotatable bonds is 5. The van der Waals surface area contributed by atoms with Gasteiger partial charge in [-0.3, -0.25) is 13.9 Å². The predicted molar refractivity (Wildman–Crippen MR) is 131 cm³/mol. The van der Waals surface area contributed by atoms with Crippen LogP contribution < -0.4 is 14.9 Å². The lowest BCUT2D eigenvalue weighted by Gasteiger charge is -2.31. The van der Waals surface area contributed by atoms with Gasteiger partial charge in [0, 0.05) is 22.8 Å². The van der Waals surface area contributed by atoms with Crippen LogP contribution in [0.5, 0.6) is 0 Å². The first kappa shape index (κ1) is 22.6. The highest BCUT2D eigenvalue weighted by atomic mass is 35.5. The number of hydrogen-bond acceptors (Lipinski definition) is 3. The molecule has 1 aliphatic rings. The highest BCUT2D eigenvalue weighted by Gasteiger charge is 2.25. The van der Waals surface area contributed by atoms with Gasteiger partial charge < -0.3 is 10.6 Å². The van der Waals surface area contributed by atoms with E-state index >= 15 is 0 Å². The molecule has 0 spiro atoms. The second kappa shape index (κ2) is 9.50. The molecule has 0 saturated carbocycles. The van der Waals surface area contributed by atoms with Crippen LogP contribution in [0.3, 0.4) is 0 Å². The molecule has 32 heavy (non-hydrogen) atoms. The van der Waals surface area contributed by atoms with Gasteiger partial charge in [-0.05, 0) is 54.6 Å². The van der Waals surface area contributed by atoms with E-state index in [0.29, 0.717) is 45.0 Å². The summed E-state index contributed by atoms with van der Waals surface area (Å²) in [7, 11) is -1.04. The third-order valence-corrected chi connectivity index (χ3v) is 7.05. The maximum Gasteiger partial charge on any atom is 0.257 e. The summed E-state index contributed by atoms with van der Waals surface area (Å²) in [5.74, 6) is -0.201. The number of halogens is 3. The lowest BCUT2D eigenvalue weighted by Crippen LogP contribution is -2.42. The summed E-state index contributed by atoms with van der Waals surface area (Å²) in [6.45, 7) is 0.683. The summed E-state index contributed by atoms with van der Waals surface area (Å²) in [5, 5.41) is 6.45. The van der Waals surface area contributed by atoms with Crippen LogP contribution in [0.25, 0.3) is 0 Å². The molecule has 0 radical (unpaired) electrons. The first-order chi connectivity index (χ1) is 15.3. The molecular weight excluding hydrogens is 493 g/mol. The van der Waals surface area contributed by atoms with Gasteiger partial charge in [0.25, 0.3) is 11.8 Å². The smallest absolute Gasteiger partial charge is 0.257 e. The highest BCUT2D eigenvalue weighted by Crippen LogP contribution is 2.30. The van der Waals surface area contributed by atoms with E-state index in [1.54, 1.807) is 58.9 Å². The van der Waals surface area contributed by atoms with Crippen molar-refractivity contribution in [2.75, 3.05) is 27.2 Å². The fourth-order valence-electron chi connectivity index (χ4n) is 3.07. The number of carbonyl (C=O) groups excluding carboxylic acids is 2. The van der Waals surface area contributed by atoms with Crippen molar-refractivity contribution >= 4 is 74.7 Å². The minimum Gasteiger partial charge on any atom is -0.322 e. The highest BCUT2D eigenvalue weighted by molar-refractivity contribution is 7.88. The lowest BCUT2D eigenvalue weighted by molar-refractivity contribution is 0.101. The Bertz CT molecular complexity index is 1250. The maximum atomic E-state index is 12.7. The Hall–Kier alpha value is -2.58. The van der Waals surface area contributed by atoms with Crippen LogP contribution in [0.4, 0.5) is 17.1 Å². The SMILES string of the molecule is O=C(Nc1cc(NC(=O)c2ccc(N3CCS3=O)cc2Cl)ccc1Cl)c1cccc(Cl)c1. The second-order valence-corrected chi connectivity index (χ2v) is 9.65. The van der Waals surface area contributed by atoms with Gasteiger partial charge in [-0.2, -0.15) is 0 Å². The van der Waals surface area contributed by atoms with Gasteiger partial charge in [-0.15, -0.1) is 0 Å². The number of benzene rings is 3. The molecule has 1 heterocycles. The van der Waals surface area contributed by atoms with E-state index in [2.05, 4.69) is 10.6 Å². The molecule has 1 atom stereocenters. The van der Waals surface area contributed by atoms with Crippen molar-refractivity contribution in [3.8, 4) is 0 Å². The predicted octanol–water partition coefficient (Wildman–Crippen LogP) is 5.64. The zero-order valence-corrected chi connectivity index (χ0v) is 19.5. The first-order valence-electron chi connectivity index (χ1n) is 9.45. The Labute approximate surface area is 202 Å². The molecule has 10 heteroatoms. The minimum atomic E-state index is -1.04. The Balaban J connectivity index is 1.49. The standard InChI is InChI=1S/C22H16Cl3N3O3S/c23-14-3-1-2-13(10-14)21(29)27-20-11-15(4-7-18(20)24)26-22(30)17-6-5-16(12-19(17)25)28-8-9-32(28)31/h1-7,10-12H,8-9H2,(H,26,30)(H,27,29). The van der Waals surface area contributed by atoms with Crippen LogP contribution >= 0.6 is 34.8 Å². The molecule has 2 amide bonds. The summed E-state index contributed by atoms with van der Waals surface area (Å²) >= 11 is 18.4. The molecule has 0 aromatic heterocycles. The van der Waals surface area contributed by atoms with E-state index in [9.17, 15) is 13.8 Å². The number of anilines is 3. The van der Waals surface area contributed by atoms with Crippen molar-refractivity contribution in [2.45, 2.75) is 0 Å². The second-order valence-electron chi connectivity index (χ2n) is 6.91. The van der Waals surface area contributed by atoms with Gasteiger partial charge in [-0.1, -0.05) is 40.9 Å². The van der Waals surface area contributed by atoms with Gasteiger partial charge in [0.15, 0.2) is 0 Å². The van der Waals surface area contributed by atoms with E-state index in [-0.39, 0.29) is 16.5 Å². The number of nitrogens with one attached hydrogen (secondary N) is 2.